The largest absolute Gasteiger partial charge is 0.468 e. The van der Waals surface area contributed by atoms with Crippen molar-refractivity contribution >= 4 is 34.4 Å². The van der Waals surface area contributed by atoms with Gasteiger partial charge in [-0.1, -0.05) is 36.4 Å². The van der Waals surface area contributed by atoms with E-state index >= 15 is 0 Å². The van der Waals surface area contributed by atoms with Gasteiger partial charge in [0.25, 0.3) is 5.54 Å². The minimum atomic E-state index is -2.04. The standard InChI is InChI=1S/C18H17NO6/c1-23-15(20)13-12-9-8-10-6-4-5-7-11(10)14(12)19-18(13,16(21)24-2)17(22)25-3/h4-9,13,19H,1-3H3. The smallest absolute Gasteiger partial charge is 0.344 e. The van der Waals surface area contributed by atoms with Gasteiger partial charge in [-0.05, 0) is 10.9 Å². The molecule has 3 rings (SSSR count). The van der Waals surface area contributed by atoms with Crippen LogP contribution in [0.25, 0.3) is 10.8 Å². The van der Waals surface area contributed by atoms with Crippen molar-refractivity contribution in [2.45, 2.75) is 11.5 Å². The molecular formula is C18H17NO6. The van der Waals surface area contributed by atoms with Gasteiger partial charge in [0.15, 0.2) is 0 Å². The van der Waals surface area contributed by atoms with Crippen molar-refractivity contribution < 1.29 is 28.6 Å². The Labute approximate surface area is 143 Å². The maximum atomic E-state index is 12.6. The van der Waals surface area contributed by atoms with Gasteiger partial charge >= 0.3 is 17.9 Å². The van der Waals surface area contributed by atoms with Gasteiger partial charge in [-0.3, -0.25) is 4.79 Å². The molecule has 1 heterocycles. The number of rotatable bonds is 3. The number of carbonyl (C=O) groups excluding carboxylic acids is 3. The van der Waals surface area contributed by atoms with Gasteiger partial charge in [0.05, 0.1) is 21.3 Å². The Kier molecular flexibility index (Phi) is 4.08. The molecule has 1 aliphatic rings. The van der Waals surface area contributed by atoms with E-state index in [1.165, 1.54) is 7.11 Å². The van der Waals surface area contributed by atoms with E-state index in [1.54, 1.807) is 6.07 Å². The molecule has 0 radical (unpaired) electrons. The summed E-state index contributed by atoms with van der Waals surface area (Å²) in [6.07, 6.45) is 0. The Morgan fingerprint density at radius 3 is 2.16 bits per heavy atom. The van der Waals surface area contributed by atoms with Crippen molar-refractivity contribution in [3.8, 4) is 0 Å². The highest BCUT2D eigenvalue weighted by atomic mass is 16.6. The second-order valence-corrected chi connectivity index (χ2v) is 5.62. The zero-order valence-electron chi connectivity index (χ0n) is 14.0. The number of benzene rings is 2. The molecule has 1 aliphatic heterocycles. The highest BCUT2D eigenvalue weighted by Crippen LogP contribution is 2.47. The third-order valence-corrected chi connectivity index (χ3v) is 4.48. The average Bonchev–Trinajstić information content (AvgIpc) is 3.02. The van der Waals surface area contributed by atoms with Crippen LogP contribution in [0.3, 0.4) is 0 Å². The van der Waals surface area contributed by atoms with Crippen molar-refractivity contribution in [1.29, 1.82) is 0 Å². The fourth-order valence-electron chi connectivity index (χ4n) is 3.34. The van der Waals surface area contributed by atoms with Crippen LogP contribution in [0.2, 0.25) is 0 Å². The van der Waals surface area contributed by atoms with Crippen LogP contribution in [0.15, 0.2) is 36.4 Å². The molecule has 0 bridgehead atoms. The normalized spacial score (nSPS) is 17.3. The fraction of sp³-hybridized carbons (Fsp3) is 0.278. The first kappa shape index (κ1) is 16.8. The zero-order valence-corrected chi connectivity index (χ0v) is 14.0. The molecule has 7 nitrogen and oxygen atoms in total. The number of carbonyl (C=O) groups is 3. The number of esters is 3. The number of ether oxygens (including phenoxy) is 3. The molecule has 0 amide bonds. The Hall–Kier alpha value is -3.09. The quantitative estimate of drug-likeness (QED) is 0.514. The van der Waals surface area contributed by atoms with E-state index in [9.17, 15) is 14.4 Å². The monoisotopic (exact) mass is 343 g/mol. The summed E-state index contributed by atoms with van der Waals surface area (Å²) in [5.41, 5.74) is -1.06. The number of hydrogen-bond acceptors (Lipinski definition) is 7. The lowest BCUT2D eigenvalue weighted by Crippen LogP contribution is -2.57. The van der Waals surface area contributed by atoms with Crippen molar-refractivity contribution in [1.82, 2.24) is 0 Å². The molecule has 0 spiro atoms. The van der Waals surface area contributed by atoms with Crippen molar-refractivity contribution in [2.75, 3.05) is 26.6 Å². The summed E-state index contributed by atoms with van der Waals surface area (Å²) in [6.45, 7) is 0. The molecule has 2 aromatic carbocycles. The van der Waals surface area contributed by atoms with E-state index in [2.05, 4.69) is 5.32 Å². The van der Waals surface area contributed by atoms with Crippen LogP contribution < -0.4 is 5.32 Å². The fourth-order valence-corrected chi connectivity index (χ4v) is 3.34. The van der Waals surface area contributed by atoms with Crippen LogP contribution in [0, 0.1) is 0 Å². The number of hydrogen-bond donors (Lipinski definition) is 1. The number of fused-ring (bicyclic) bond motifs is 3. The lowest BCUT2D eigenvalue weighted by atomic mass is 9.82. The number of anilines is 1. The molecule has 1 unspecified atom stereocenters. The lowest BCUT2D eigenvalue weighted by molar-refractivity contribution is -0.165. The topological polar surface area (TPSA) is 90.9 Å². The first-order valence-corrected chi connectivity index (χ1v) is 7.55. The van der Waals surface area contributed by atoms with Crippen LogP contribution >= 0.6 is 0 Å². The summed E-state index contributed by atoms with van der Waals surface area (Å²) in [6, 6.07) is 10.9. The third-order valence-electron chi connectivity index (χ3n) is 4.48. The molecule has 130 valence electrons. The number of nitrogens with one attached hydrogen (secondary N) is 1. The van der Waals surface area contributed by atoms with Crippen LogP contribution in [0.1, 0.15) is 11.5 Å². The van der Waals surface area contributed by atoms with Crippen LogP contribution in [0.5, 0.6) is 0 Å². The summed E-state index contributed by atoms with van der Waals surface area (Å²) in [7, 11) is 3.48. The van der Waals surface area contributed by atoms with E-state index < -0.39 is 29.4 Å². The first-order chi connectivity index (χ1) is 12.0. The Morgan fingerprint density at radius 1 is 0.920 bits per heavy atom. The maximum absolute atomic E-state index is 12.6. The number of methoxy groups -OCH3 is 3. The van der Waals surface area contributed by atoms with E-state index in [1.807, 2.05) is 30.3 Å². The van der Waals surface area contributed by atoms with Gasteiger partial charge in [-0.15, -0.1) is 0 Å². The van der Waals surface area contributed by atoms with E-state index in [-0.39, 0.29) is 0 Å². The van der Waals surface area contributed by atoms with Gasteiger partial charge in [-0.2, -0.15) is 0 Å². The Bertz CT molecular complexity index is 859. The molecular weight excluding hydrogens is 326 g/mol. The van der Waals surface area contributed by atoms with Crippen molar-refractivity contribution in [3.05, 3.63) is 42.0 Å². The SMILES string of the molecule is COC(=O)C1c2ccc3ccccc3c2NC1(C(=O)OC)C(=O)OC. The molecule has 0 aromatic heterocycles. The van der Waals surface area contributed by atoms with Gasteiger partial charge in [-0.25, -0.2) is 9.59 Å². The van der Waals surface area contributed by atoms with Gasteiger partial charge in [0.2, 0.25) is 0 Å². The predicted octanol–water partition coefficient (Wildman–Crippen LogP) is 1.61. The molecule has 0 saturated carbocycles. The Balaban J connectivity index is 2.33. The van der Waals surface area contributed by atoms with E-state index in [4.69, 9.17) is 14.2 Å². The summed E-state index contributed by atoms with van der Waals surface area (Å²) < 4.78 is 14.5. The average molecular weight is 343 g/mol. The molecule has 0 fully saturated rings. The van der Waals surface area contributed by atoms with E-state index in [0.29, 0.717) is 11.3 Å². The summed E-state index contributed by atoms with van der Waals surface area (Å²) >= 11 is 0. The molecule has 2 aromatic rings. The molecule has 1 atom stereocenters. The molecule has 0 aliphatic carbocycles. The minimum absolute atomic E-state index is 0.473. The molecule has 0 saturated heterocycles. The van der Waals surface area contributed by atoms with Gasteiger partial charge in [0.1, 0.15) is 5.92 Å². The summed E-state index contributed by atoms with van der Waals surface area (Å²) in [4.78, 5) is 37.6. The first-order valence-electron chi connectivity index (χ1n) is 7.55. The van der Waals surface area contributed by atoms with Crippen LogP contribution in [-0.2, 0) is 28.6 Å². The second-order valence-electron chi connectivity index (χ2n) is 5.62. The van der Waals surface area contributed by atoms with Gasteiger partial charge < -0.3 is 19.5 Å². The third kappa shape index (κ3) is 2.23. The predicted molar refractivity (Wildman–Crippen MR) is 89.1 cm³/mol. The minimum Gasteiger partial charge on any atom is -0.468 e. The van der Waals surface area contributed by atoms with E-state index in [0.717, 1.165) is 25.0 Å². The molecule has 7 heteroatoms. The second kappa shape index (κ2) is 6.08. The Morgan fingerprint density at radius 2 is 1.56 bits per heavy atom. The van der Waals surface area contributed by atoms with Crippen LogP contribution in [0.4, 0.5) is 5.69 Å². The van der Waals surface area contributed by atoms with Crippen molar-refractivity contribution in [3.63, 3.8) is 0 Å². The van der Waals surface area contributed by atoms with Crippen LogP contribution in [-0.4, -0.2) is 44.8 Å². The maximum Gasteiger partial charge on any atom is 0.344 e. The molecule has 1 N–H and O–H groups in total. The lowest BCUT2D eigenvalue weighted by Gasteiger charge is -2.28. The summed E-state index contributed by atoms with van der Waals surface area (Å²) in [5, 5.41) is 4.57. The molecule has 25 heavy (non-hydrogen) atoms. The van der Waals surface area contributed by atoms with Crippen molar-refractivity contribution in [2.24, 2.45) is 0 Å². The van der Waals surface area contributed by atoms with Gasteiger partial charge in [0, 0.05) is 11.1 Å². The summed E-state index contributed by atoms with van der Waals surface area (Å²) in [5.74, 6) is -3.81. The zero-order chi connectivity index (χ0) is 18.2. The highest BCUT2D eigenvalue weighted by Gasteiger charge is 2.63. The highest BCUT2D eigenvalue weighted by molar-refractivity contribution is 6.18.